The van der Waals surface area contributed by atoms with Gasteiger partial charge < -0.3 is 10.5 Å². The summed E-state index contributed by atoms with van der Waals surface area (Å²) in [6.07, 6.45) is 0.994. The fourth-order valence-electron chi connectivity index (χ4n) is 2.88. The van der Waals surface area contributed by atoms with E-state index in [1.54, 1.807) is 0 Å². The van der Waals surface area contributed by atoms with Crippen molar-refractivity contribution < 1.29 is 4.74 Å². The first-order valence-electron chi connectivity index (χ1n) is 7.38. The number of morpholine rings is 1. The largest absolute Gasteiger partial charge is 0.379 e. The summed E-state index contributed by atoms with van der Waals surface area (Å²) in [5.41, 5.74) is 7.68. The van der Waals surface area contributed by atoms with Gasteiger partial charge in [-0.15, -0.1) is 0 Å². The summed E-state index contributed by atoms with van der Waals surface area (Å²) in [5.74, 6) is 0. The van der Waals surface area contributed by atoms with Crippen LogP contribution in [-0.4, -0.2) is 37.7 Å². The molecular formula is C17H22N2O. The Hall–Kier alpha value is -1.42. The van der Waals surface area contributed by atoms with Crippen LogP contribution < -0.4 is 5.73 Å². The molecule has 0 bridgehead atoms. The summed E-state index contributed by atoms with van der Waals surface area (Å²) in [4.78, 5) is 2.44. The monoisotopic (exact) mass is 270 g/mol. The van der Waals surface area contributed by atoms with Crippen molar-refractivity contribution in [2.24, 2.45) is 5.73 Å². The predicted octanol–water partition coefficient (Wildman–Crippen LogP) is 2.56. The average molecular weight is 270 g/mol. The molecule has 2 aromatic rings. The average Bonchev–Trinajstić information content (AvgIpc) is 2.53. The molecule has 0 spiro atoms. The summed E-state index contributed by atoms with van der Waals surface area (Å²) in [5, 5.41) is 2.55. The first-order chi connectivity index (χ1) is 9.84. The minimum atomic E-state index is 0.101. The first kappa shape index (κ1) is 13.6. The molecule has 2 N–H and O–H groups in total. The molecule has 1 heterocycles. The molecule has 106 valence electrons. The fourth-order valence-corrected chi connectivity index (χ4v) is 2.88. The summed E-state index contributed by atoms with van der Waals surface area (Å²) in [6.45, 7) is 4.81. The number of ether oxygens (including phenoxy) is 1. The lowest BCUT2D eigenvalue weighted by Gasteiger charge is -2.27. The van der Waals surface area contributed by atoms with Gasteiger partial charge in [-0.05, 0) is 22.8 Å². The van der Waals surface area contributed by atoms with Crippen molar-refractivity contribution in [3.63, 3.8) is 0 Å². The molecule has 0 aliphatic carbocycles. The Morgan fingerprint density at radius 2 is 1.80 bits per heavy atom. The Morgan fingerprint density at radius 1 is 1.05 bits per heavy atom. The second-order valence-electron chi connectivity index (χ2n) is 5.42. The number of fused-ring (bicyclic) bond motifs is 1. The van der Waals surface area contributed by atoms with Crippen molar-refractivity contribution in [3.05, 3.63) is 48.0 Å². The topological polar surface area (TPSA) is 38.5 Å². The molecule has 3 rings (SSSR count). The molecule has 20 heavy (non-hydrogen) atoms. The third-order valence-electron chi connectivity index (χ3n) is 4.08. The molecule has 1 aliphatic heterocycles. The van der Waals surface area contributed by atoms with E-state index in [-0.39, 0.29) is 6.04 Å². The number of hydrogen-bond acceptors (Lipinski definition) is 3. The lowest BCUT2D eigenvalue weighted by molar-refractivity contribution is 0.0366. The molecule has 1 atom stereocenters. The Morgan fingerprint density at radius 3 is 2.65 bits per heavy atom. The van der Waals surface area contributed by atoms with Crippen molar-refractivity contribution >= 4 is 10.8 Å². The number of benzene rings is 2. The lowest BCUT2D eigenvalue weighted by atomic mass is 9.97. The number of hydrogen-bond donors (Lipinski definition) is 1. The van der Waals surface area contributed by atoms with Gasteiger partial charge in [0.25, 0.3) is 0 Å². The van der Waals surface area contributed by atoms with Crippen LogP contribution in [-0.2, 0) is 4.74 Å². The van der Waals surface area contributed by atoms with Crippen LogP contribution in [0.3, 0.4) is 0 Å². The van der Waals surface area contributed by atoms with Crippen LogP contribution in [0.5, 0.6) is 0 Å². The fraction of sp³-hybridized carbons (Fsp3) is 0.412. The van der Waals surface area contributed by atoms with Crippen LogP contribution in [0.25, 0.3) is 10.8 Å². The van der Waals surface area contributed by atoms with E-state index < -0.39 is 0 Å². The SMILES string of the molecule is NC(CCN1CCOCC1)c1cccc2ccccc12. The lowest BCUT2D eigenvalue weighted by Crippen LogP contribution is -2.37. The van der Waals surface area contributed by atoms with Gasteiger partial charge in [0, 0.05) is 25.7 Å². The highest BCUT2D eigenvalue weighted by molar-refractivity contribution is 5.86. The Labute approximate surface area is 120 Å². The highest BCUT2D eigenvalue weighted by atomic mass is 16.5. The van der Waals surface area contributed by atoms with Gasteiger partial charge in [0.05, 0.1) is 13.2 Å². The molecule has 1 fully saturated rings. The van der Waals surface area contributed by atoms with Crippen LogP contribution in [0.15, 0.2) is 42.5 Å². The van der Waals surface area contributed by atoms with Crippen LogP contribution >= 0.6 is 0 Å². The second-order valence-corrected chi connectivity index (χ2v) is 5.42. The molecule has 0 radical (unpaired) electrons. The summed E-state index contributed by atoms with van der Waals surface area (Å²) < 4.78 is 5.38. The predicted molar refractivity (Wildman–Crippen MR) is 82.8 cm³/mol. The zero-order valence-electron chi connectivity index (χ0n) is 11.8. The van der Waals surface area contributed by atoms with E-state index in [0.29, 0.717) is 0 Å². The van der Waals surface area contributed by atoms with Gasteiger partial charge in [-0.1, -0.05) is 42.5 Å². The van der Waals surface area contributed by atoms with Crippen LogP contribution in [0.2, 0.25) is 0 Å². The van der Waals surface area contributed by atoms with Gasteiger partial charge in [0.1, 0.15) is 0 Å². The quantitative estimate of drug-likeness (QED) is 0.928. The van der Waals surface area contributed by atoms with Crippen molar-refractivity contribution in [2.45, 2.75) is 12.5 Å². The normalized spacial score (nSPS) is 18.2. The second kappa shape index (κ2) is 6.35. The number of rotatable bonds is 4. The van der Waals surface area contributed by atoms with Crippen LogP contribution in [0.1, 0.15) is 18.0 Å². The van der Waals surface area contributed by atoms with Crippen molar-refractivity contribution in [2.75, 3.05) is 32.8 Å². The maximum absolute atomic E-state index is 6.42. The smallest absolute Gasteiger partial charge is 0.0594 e. The van der Waals surface area contributed by atoms with Gasteiger partial charge in [-0.25, -0.2) is 0 Å². The first-order valence-corrected chi connectivity index (χ1v) is 7.38. The van der Waals surface area contributed by atoms with E-state index in [0.717, 1.165) is 39.3 Å². The van der Waals surface area contributed by atoms with E-state index >= 15 is 0 Å². The molecule has 1 unspecified atom stereocenters. The molecule has 3 nitrogen and oxygen atoms in total. The van der Waals surface area contributed by atoms with Crippen molar-refractivity contribution in [3.8, 4) is 0 Å². The Bertz CT molecular complexity index is 558. The number of nitrogens with zero attached hydrogens (tertiary/aromatic N) is 1. The Balaban J connectivity index is 1.70. The third-order valence-corrected chi connectivity index (χ3v) is 4.08. The third kappa shape index (κ3) is 3.01. The van der Waals surface area contributed by atoms with Crippen LogP contribution in [0.4, 0.5) is 0 Å². The molecule has 1 saturated heterocycles. The van der Waals surface area contributed by atoms with Gasteiger partial charge in [-0.3, -0.25) is 4.90 Å². The van der Waals surface area contributed by atoms with E-state index in [4.69, 9.17) is 10.5 Å². The van der Waals surface area contributed by atoms with E-state index in [2.05, 4.69) is 47.4 Å². The maximum atomic E-state index is 6.42. The molecule has 0 aromatic heterocycles. The van der Waals surface area contributed by atoms with E-state index in [9.17, 15) is 0 Å². The molecule has 0 saturated carbocycles. The highest BCUT2D eigenvalue weighted by Crippen LogP contribution is 2.24. The van der Waals surface area contributed by atoms with E-state index in [1.807, 2.05) is 0 Å². The van der Waals surface area contributed by atoms with E-state index in [1.165, 1.54) is 16.3 Å². The highest BCUT2D eigenvalue weighted by Gasteiger charge is 2.14. The molecule has 0 amide bonds. The summed E-state index contributed by atoms with van der Waals surface area (Å²) in [6, 6.07) is 15.0. The minimum Gasteiger partial charge on any atom is -0.379 e. The summed E-state index contributed by atoms with van der Waals surface area (Å²) in [7, 11) is 0. The molecule has 2 aromatic carbocycles. The van der Waals surface area contributed by atoms with Crippen LogP contribution in [0, 0.1) is 0 Å². The van der Waals surface area contributed by atoms with Gasteiger partial charge >= 0.3 is 0 Å². The zero-order valence-corrected chi connectivity index (χ0v) is 11.8. The molecule has 3 heteroatoms. The Kier molecular flexibility index (Phi) is 4.31. The minimum absolute atomic E-state index is 0.101. The van der Waals surface area contributed by atoms with Crippen molar-refractivity contribution in [1.82, 2.24) is 4.90 Å². The summed E-state index contributed by atoms with van der Waals surface area (Å²) >= 11 is 0. The van der Waals surface area contributed by atoms with Gasteiger partial charge in [0.2, 0.25) is 0 Å². The standard InChI is InChI=1S/C17H22N2O/c18-17(8-9-19-10-12-20-13-11-19)16-7-3-5-14-4-1-2-6-15(14)16/h1-7,17H,8-13,18H2. The van der Waals surface area contributed by atoms with Crippen molar-refractivity contribution in [1.29, 1.82) is 0 Å². The van der Waals surface area contributed by atoms with Gasteiger partial charge in [0.15, 0.2) is 0 Å². The maximum Gasteiger partial charge on any atom is 0.0594 e. The molecule has 1 aliphatic rings. The van der Waals surface area contributed by atoms with Gasteiger partial charge in [-0.2, -0.15) is 0 Å². The molecular weight excluding hydrogens is 248 g/mol. The number of nitrogens with two attached hydrogens (primary N) is 1. The zero-order chi connectivity index (χ0) is 13.8.